The van der Waals surface area contributed by atoms with Crippen molar-refractivity contribution in [3.8, 4) is 11.5 Å². The van der Waals surface area contributed by atoms with Crippen molar-refractivity contribution < 1.29 is 19.4 Å². The van der Waals surface area contributed by atoms with E-state index in [4.69, 9.17) is 4.74 Å². The molecule has 0 spiro atoms. The first-order valence-electron chi connectivity index (χ1n) is 8.30. The number of nitro groups is 2. The maximum Gasteiger partial charge on any atom is 0.381 e. The highest BCUT2D eigenvalue weighted by atomic mass is 16.6. The van der Waals surface area contributed by atoms with Crippen LogP contribution in [-0.2, 0) is 11.3 Å². The topological polar surface area (TPSA) is 142 Å². The third-order valence-corrected chi connectivity index (χ3v) is 3.74. The number of rotatable bonds is 7. The standard InChI is InChI=1S/C18H15N5O6/c1-12-3-2-4-15(5-12)29-16-7-13(6-14(8-16)22(25)26)20-18(24)10-21-9-17(19-11-21)23(27)28/h2-9,11H,10H2,1H3,(H,20,24). The van der Waals surface area contributed by atoms with Gasteiger partial charge in [0, 0.05) is 12.1 Å². The minimum Gasteiger partial charge on any atom is -0.457 e. The van der Waals surface area contributed by atoms with Gasteiger partial charge in [0.2, 0.25) is 12.2 Å². The highest BCUT2D eigenvalue weighted by Crippen LogP contribution is 2.30. The van der Waals surface area contributed by atoms with E-state index in [0.29, 0.717) is 5.75 Å². The number of aryl methyl sites for hydroxylation is 1. The number of non-ortho nitro benzene ring substituents is 1. The molecule has 0 radical (unpaired) electrons. The number of anilines is 1. The van der Waals surface area contributed by atoms with Crippen LogP contribution >= 0.6 is 0 Å². The number of ether oxygens (including phenoxy) is 1. The number of imidazole rings is 1. The molecule has 0 fully saturated rings. The van der Waals surface area contributed by atoms with Gasteiger partial charge in [-0.2, -0.15) is 0 Å². The SMILES string of the molecule is Cc1cccc(Oc2cc(NC(=O)Cn3cnc([N+](=O)[O-])c3)cc([N+](=O)[O-])c2)c1. The molecule has 1 amide bonds. The van der Waals surface area contributed by atoms with E-state index in [-0.39, 0.29) is 29.5 Å². The molecule has 0 saturated heterocycles. The number of carbonyl (C=O) groups is 1. The largest absolute Gasteiger partial charge is 0.457 e. The third-order valence-electron chi connectivity index (χ3n) is 3.74. The van der Waals surface area contributed by atoms with Crippen LogP contribution in [0.1, 0.15) is 5.56 Å². The summed E-state index contributed by atoms with van der Waals surface area (Å²) < 4.78 is 6.91. The molecule has 3 aromatic rings. The van der Waals surface area contributed by atoms with Crippen molar-refractivity contribution in [2.45, 2.75) is 13.5 Å². The van der Waals surface area contributed by atoms with Crippen LogP contribution in [0.4, 0.5) is 17.2 Å². The first-order chi connectivity index (χ1) is 13.8. The number of hydrogen-bond acceptors (Lipinski definition) is 7. The quantitative estimate of drug-likeness (QED) is 0.475. The fourth-order valence-corrected chi connectivity index (χ4v) is 2.53. The van der Waals surface area contributed by atoms with Gasteiger partial charge in [-0.1, -0.05) is 12.1 Å². The van der Waals surface area contributed by atoms with Crippen LogP contribution in [0.15, 0.2) is 55.0 Å². The first-order valence-corrected chi connectivity index (χ1v) is 8.30. The Kier molecular flexibility index (Phi) is 5.49. The van der Waals surface area contributed by atoms with Gasteiger partial charge < -0.3 is 24.7 Å². The molecule has 0 aliphatic carbocycles. The summed E-state index contributed by atoms with van der Waals surface area (Å²) in [7, 11) is 0. The molecule has 0 aliphatic heterocycles. The Labute approximate surface area is 163 Å². The maximum absolute atomic E-state index is 12.2. The van der Waals surface area contributed by atoms with E-state index in [1.165, 1.54) is 22.8 Å². The number of nitrogens with one attached hydrogen (secondary N) is 1. The Morgan fingerprint density at radius 2 is 1.93 bits per heavy atom. The summed E-state index contributed by atoms with van der Waals surface area (Å²) in [6.07, 6.45) is 2.26. The minimum absolute atomic E-state index is 0.154. The molecule has 11 nitrogen and oxygen atoms in total. The van der Waals surface area contributed by atoms with E-state index in [2.05, 4.69) is 10.3 Å². The Morgan fingerprint density at radius 3 is 2.59 bits per heavy atom. The zero-order chi connectivity index (χ0) is 21.0. The predicted octanol–water partition coefficient (Wildman–Crippen LogP) is 3.44. The number of nitro benzene ring substituents is 1. The molecule has 2 aromatic carbocycles. The van der Waals surface area contributed by atoms with Crippen LogP contribution in [0, 0.1) is 27.2 Å². The van der Waals surface area contributed by atoms with Gasteiger partial charge in [0.15, 0.2) is 0 Å². The van der Waals surface area contributed by atoms with Crippen molar-refractivity contribution in [3.63, 3.8) is 0 Å². The summed E-state index contributed by atoms with van der Waals surface area (Å²) in [5.74, 6) is -0.256. The van der Waals surface area contributed by atoms with Gasteiger partial charge in [-0.15, -0.1) is 0 Å². The molecule has 0 aliphatic rings. The molecule has 148 valence electrons. The first kappa shape index (κ1) is 19.5. The number of benzene rings is 2. The summed E-state index contributed by atoms with van der Waals surface area (Å²) in [6.45, 7) is 1.63. The Bertz CT molecular complexity index is 1090. The fourth-order valence-electron chi connectivity index (χ4n) is 2.53. The summed E-state index contributed by atoms with van der Waals surface area (Å²) in [4.78, 5) is 36.4. The van der Waals surface area contributed by atoms with Gasteiger partial charge in [-0.3, -0.25) is 14.9 Å². The minimum atomic E-state index is -0.677. The summed E-state index contributed by atoms with van der Waals surface area (Å²) in [6, 6.07) is 11.0. The molecular weight excluding hydrogens is 382 g/mol. The lowest BCUT2D eigenvalue weighted by Crippen LogP contribution is -2.18. The lowest BCUT2D eigenvalue weighted by molar-refractivity contribution is -0.389. The smallest absolute Gasteiger partial charge is 0.381 e. The van der Waals surface area contributed by atoms with Crippen LogP contribution in [0.3, 0.4) is 0 Å². The van der Waals surface area contributed by atoms with Crippen LogP contribution in [0.5, 0.6) is 11.5 Å². The number of aromatic nitrogens is 2. The van der Waals surface area contributed by atoms with Crippen molar-refractivity contribution in [2.75, 3.05) is 5.32 Å². The fraction of sp³-hybridized carbons (Fsp3) is 0.111. The number of amides is 1. The van der Waals surface area contributed by atoms with Crippen molar-refractivity contribution in [2.24, 2.45) is 0 Å². The molecule has 0 unspecified atom stereocenters. The molecule has 3 rings (SSSR count). The number of hydrogen-bond donors (Lipinski definition) is 1. The summed E-state index contributed by atoms with van der Waals surface area (Å²) >= 11 is 0. The average molecular weight is 397 g/mol. The van der Waals surface area contributed by atoms with E-state index < -0.39 is 15.8 Å². The molecule has 29 heavy (non-hydrogen) atoms. The molecule has 0 atom stereocenters. The Morgan fingerprint density at radius 1 is 1.14 bits per heavy atom. The maximum atomic E-state index is 12.2. The highest BCUT2D eigenvalue weighted by molar-refractivity contribution is 5.91. The highest BCUT2D eigenvalue weighted by Gasteiger charge is 2.15. The molecule has 1 heterocycles. The van der Waals surface area contributed by atoms with E-state index in [1.54, 1.807) is 18.2 Å². The van der Waals surface area contributed by atoms with Crippen LogP contribution < -0.4 is 10.1 Å². The predicted molar refractivity (Wildman–Crippen MR) is 102 cm³/mol. The average Bonchev–Trinajstić information content (AvgIpc) is 3.10. The van der Waals surface area contributed by atoms with E-state index in [1.807, 2.05) is 13.0 Å². The van der Waals surface area contributed by atoms with Crippen molar-refractivity contribution in [1.82, 2.24) is 9.55 Å². The van der Waals surface area contributed by atoms with E-state index >= 15 is 0 Å². The van der Waals surface area contributed by atoms with E-state index in [0.717, 1.165) is 18.1 Å². The molecule has 0 saturated carbocycles. The van der Waals surface area contributed by atoms with Gasteiger partial charge in [0.05, 0.1) is 16.7 Å². The molecule has 1 N–H and O–H groups in total. The third kappa shape index (κ3) is 5.13. The Balaban J connectivity index is 1.78. The normalized spacial score (nSPS) is 10.4. The second-order valence-corrected chi connectivity index (χ2v) is 6.10. The number of carbonyl (C=O) groups excluding carboxylic acids is 1. The van der Waals surface area contributed by atoms with Crippen molar-refractivity contribution in [3.05, 3.63) is 80.8 Å². The lowest BCUT2D eigenvalue weighted by Gasteiger charge is -2.10. The van der Waals surface area contributed by atoms with Crippen LogP contribution in [0.2, 0.25) is 0 Å². The summed E-state index contributed by atoms with van der Waals surface area (Å²) in [5, 5.41) is 24.4. The molecule has 11 heteroatoms. The zero-order valence-corrected chi connectivity index (χ0v) is 15.1. The monoisotopic (exact) mass is 397 g/mol. The second kappa shape index (κ2) is 8.17. The van der Waals surface area contributed by atoms with Crippen molar-refractivity contribution in [1.29, 1.82) is 0 Å². The van der Waals surface area contributed by atoms with Crippen molar-refractivity contribution >= 4 is 23.1 Å². The molecule has 1 aromatic heterocycles. The van der Waals surface area contributed by atoms with Crippen LogP contribution in [-0.4, -0.2) is 25.3 Å². The van der Waals surface area contributed by atoms with Gasteiger partial charge in [-0.25, -0.2) is 0 Å². The van der Waals surface area contributed by atoms with E-state index in [9.17, 15) is 25.0 Å². The summed E-state index contributed by atoms with van der Waals surface area (Å²) in [5.41, 5.74) is 0.848. The van der Waals surface area contributed by atoms with Crippen LogP contribution in [0.25, 0.3) is 0 Å². The molecule has 0 bridgehead atoms. The van der Waals surface area contributed by atoms with Gasteiger partial charge in [0.25, 0.3) is 5.69 Å². The van der Waals surface area contributed by atoms with Gasteiger partial charge >= 0.3 is 5.82 Å². The Hall–Kier alpha value is -4.28. The van der Waals surface area contributed by atoms with Gasteiger partial charge in [-0.05, 0) is 34.5 Å². The van der Waals surface area contributed by atoms with Gasteiger partial charge in [0.1, 0.15) is 24.2 Å². The zero-order valence-electron chi connectivity index (χ0n) is 15.1. The number of nitrogens with zero attached hydrogens (tertiary/aromatic N) is 4. The molecular formula is C18H15N5O6. The second-order valence-electron chi connectivity index (χ2n) is 6.10. The lowest BCUT2D eigenvalue weighted by atomic mass is 10.2.